The third kappa shape index (κ3) is 6.50. The van der Waals surface area contributed by atoms with Gasteiger partial charge in [-0.3, -0.25) is 14.5 Å². The van der Waals surface area contributed by atoms with Crippen molar-refractivity contribution in [3.63, 3.8) is 0 Å². The lowest BCUT2D eigenvalue weighted by Gasteiger charge is -2.24. The van der Waals surface area contributed by atoms with Crippen molar-refractivity contribution in [3.05, 3.63) is 0 Å². The molecule has 20 heavy (non-hydrogen) atoms. The van der Waals surface area contributed by atoms with Crippen molar-refractivity contribution in [2.45, 2.75) is 25.4 Å². The normalized spacial score (nSPS) is 17.8. The van der Waals surface area contributed by atoms with Crippen molar-refractivity contribution in [2.24, 2.45) is 0 Å². The molecule has 1 unspecified atom stereocenters. The molecule has 0 aliphatic carbocycles. The second kappa shape index (κ2) is 9.28. The van der Waals surface area contributed by atoms with E-state index in [1.165, 1.54) is 7.11 Å². The molecule has 0 aromatic carbocycles. The third-order valence-corrected chi connectivity index (χ3v) is 3.08. The largest absolute Gasteiger partial charge is 0.469 e. The lowest BCUT2D eigenvalue weighted by Crippen LogP contribution is -2.41. The number of nitriles is 1. The highest BCUT2D eigenvalue weighted by Crippen LogP contribution is 2.13. The number of nitrogens with one attached hydrogen (secondary N) is 1. The molecule has 112 valence electrons. The van der Waals surface area contributed by atoms with E-state index in [1.54, 1.807) is 0 Å². The summed E-state index contributed by atoms with van der Waals surface area (Å²) >= 11 is 0. The van der Waals surface area contributed by atoms with Gasteiger partial charge in [0.15, 0.2) is 0 Å². The van der Waals surface area contributed by atoms with E-state index in [9.17, 15) is 9.59 Å². The average molecular weight is 283 g/mol. The van der Waals surface area contributed by atoms with Gasteiger partial charge < -0.3 is 14.8 Å². The zero-order valence-corrected chi connectivity index (χ0v) is 11.8. The summed E-state index contributed by atoms with van der Waals surface area (Å²) in [4.78, 5) is 24.7. The maximum atomic E-state index is 11.6. The zero-order chi connectivity index (χ0) is 14.8. The van der Waals surface area contributed by atoms with Gasteiger partial charge in [-0.15, -0.1) is 0 Å². The Kier molecular flexibility index (Phi) is 7.62. The van der Waals surface area contributed by atoms with Gasteiger partial charge in [0.25, 0.3) is 0 Å². The van der Waals surface area contributed by atoms with Crippen LogP contribution < -0.4 is 5.32 Å². The Balaban J connectivity index is 2.42. The molecule has 1 amide bonds. The van der Waals surface area contributed by atoms with Gasteiger partial charge in [-0.05, 0) is 12.8 Å². The highest BCUT2D eigenvalue weighted by molar-refractivity contribution is 5.78. The molecule has 0 aromatic rings. The molecule has 1 heterocycles. The van der Waals surface area contributed by atoms with E-state index >= 15 is 0 Å². The lowest BCUT2D eigenvalue weighted by atomic mass is 10.2. The van der Waals surface area contributed by atoms with Crippen LogP contribution >= 0.6 is 0 Å². The van der Waals surface area contributed by atoms with Crippen molar-refractivity contribution < 1.29 is 19.1 Å². The summed E-state index contributed by atoms with van der Waals surface area (Å²) in [5.74, 6) is -0.533. The van der Waals surface area contributed by atoms with E-state index in [-0.39, 0.29) is 37.5 Å². The Bertz CT molecular complexity index is 361. The third-order valence-electron chi connectivity index (χ3n) is 3.08. The molecule has 0 bridgehead atoms. The molecule has 1 saturated heterocycles. The molecule has 1 aliphatic rings. The van der Waals surface area contributed by atoms with Gasteiger partial charge in [0.2, 0.25) is 5.91 Å². The lowest BCUT2D eigenvalue weighted by molar-refractivity contribution is -0.141. The maximum absolute atomic E-state index is 11.6. The molecule has 1 atom stereocenters. The smallest absolute Gasteiger partial charge is 0.306 e. The van der Waals surface area contributed by atoms with Crippen molar-refractivity contribution in [1.29, 1.82) is 5.26 Å². The summed E-state index contributed by atoms with van der Waals surface area (Å²) in [6, 6.07) is 1.86. The van der Waals surface area contributed by atoms with Crippen LogP contribution in [-0.2, 0) is 19.1 Å². The van der Waals surface area contributed by atoms with Crippen LogP contribution in [0.25, 0.3) is 0 Å². The van der Waals surface area contributed by atoms with Crippen LogP contribution in [0.1, 0.15) is 19.3 Å². The number of hydrogen-bond donors (Lipinski definition) is 1. The van der Waals surface area contributed by atoms with E-state index < -0.39 is 0 Å². The fourth-order valence-electron chi connectivity index (χ4n) is 2.06. The first kappa shape index (κ1) is 16.4. The number of carbonyl (C=O) groups excluding carboxylic acids is 2. The van der Waals surface area contributed by atoms with Crippen molar-refractivity contribution >= 4 is 11.9 Å². The molecular weight excluding hydrogens is 262 g/mol. The minimum atomic E-state index is -0.306. The second-order valence-corrected chi connectivity index (χ2v) is 4.63. The van der Waals surface area contributed by atoms with Crippen LogP contribution in [0.5, 0.6) is 0 Å². The second-order valence-electron chi connectivity index (χ2n) is 4.63. The van der Waals surface area contributed by atoms with Crippen molar-refractivity contribution in [2.75, 3.05) is 39.9 Å². The molecular formula is C13H21N3O4. The molecule has 0 spiro atoms. The fourth-order valence-corrected chi connectivity index (χ4v) is 2.06. The molecule has 7 nitrogen and oxygen atoms in total. The fraction of sp³-hybridized carbons (Fsp3) is 0.769. The highest BCUT2D eigenvalue weighted by Gasteiger charge is 2.21. The number of nitrogens with zero attached hydrogens (tertiary/aromatic N) is 2. The number of hydrogen-bond acceptors (Lipinski definition) is 6. The van der Waals surface area contributed by atoms with Crippen LogP contribution in [0.15, 0.2) is 0 Å². The van der Waals surface area contributed by atoms with Gasteiger partial charge >= 0.3 is 5.97 Å². The van der Waals surface area contributed by atoms with E-state index in [0.29, 0.717) is 13.1 Å². The first-order chi connectivity index (χ1) is 9.65. The average Bonchev–Trinajstić information content (AvgIpc) is 2.95. The van der Waals surface area contributed by atoms with E-state index in [4.69, 9.17) is 10.00 Å². The Hall–Kier alpha value is -1.65. The number of esters is 1. The van der Waals surface area contributed by atoms with Crippen LogP contribution in [0.4, 0.5) is 0 Å². The van der Waals surface area contributed by atoms with Crippen molar-refractivity contribution in [3.8, 4) is 6.07 Å². The molecule has 0 radical (unpaired) electrons. The Morgan fingerprint density at radius 2 is 2.35 bits per heavy atom. The van der Waals surface area contributed by atoms with Crippen LogP contribution in [0.3, 0.4) is 0 Å². The number of rotatable bonds is 8. The first-order valence-electron chi connectivity index (χ1n) is 6.70. The van der Waals surface area contributed by atoms with Gasteiger partial charge in [0.1, 0.15) is 6.54 Å². The zero-order valence-electron chi connectivity index (χ0n) is 11.8. The predicted octanol–water partition coefficient (Wildman–Crippen LogP) is -0.330. The maximum Gasteiger partial charge on any atom is 0.306 e. The monoisotopic (exact) mass is 283 g/mol. The van der Waals surface area contributed by atoms with Crippen LogP contribution in [0.2, 0.25) is 0 Å². The van der Waals surface area contributed by atoms with Gasteiger partial charge in [0.05, 0.1) is 32.2 Å². The van der Waals surface area contributed by atoms with E-state index in [1.807, 2.05) is 11.0 Å². The number of amides is 1. The molecule has 0 aromatic heterocycles. The summed E-state index contributed by atoms with van der Waals surface area (Å²) < 4.78 is 10.1. The summed E-state index contributed by atoms with van der Waals surface area (Å²) in [5.41, 5.74) is 0. The van der Waals surface area contributed by atoms with E-state index in [2.05, 4.69) is 10.1 Å². The quantitative estimate of drug-likeness (QED) is 0.484. The summed E-state index contributed by atoms with van der Waals surface area (Å²) in [5, 5.41) is 10.9. The number of methoxy groups -OCH3 is 1. The Morgan fingerprint density at radius 3 is 2.95 bits per heavy atom. The van der Waals surface area contributed by atoms with Gasteiger partial charge in [-0.2, -0.15) is 5.26 Å². The number of carbonyl (C=O) groups is 2. The number of ether oxygens (including phenoxy) is 2. The summed E-state index contributed by atoms with van der Waals surface area (Å²) in [6.45, 7) is 1.93. The molecule has 1 aliphatic heterocycles. The predicted molar refractivity (Wildman–Crippen MR) is 70.7 cm³/mol. The molecule has 0 saturated carbocycles. The van der Waals surface area contributed by atoms with Gasteiger partial charge in [-0.1, -0.05) is 0 Å². The minimum absolute atomic E-state index is 0.0103. The highest BCUT2D eigenvalue weighted by atomic mass is 16.5. The van der Waals surface area contributed by atoms with E-state index in [0.717, 1.165) is 19.4 Å². The molecule has 1 N–H and O–H groups in total. The molecule has 7 heteroatoms. The first-order valence-corrected chi connectivity index (χ1v) is 6.70. The summed E-state index contributed by atoms with van der Waals surface area (Å²) in [7, 11) is 1.34. The van der Waals surface area contributed by atoms with Gasteiger partial charge in [-0.25, -0.2) is 0 Å². The topological polar surface area (TPSA) is 91.7 Å². The SMILES string of the molecule is COC(=O)CCN(CC(=O)NCC#N)CC1CCCO1. The Labute approximate surface area is 118 Å². The summed E-state index contributed by atoms with van der Waals surface area (Å²) in [6.07, 6.45) is 2.33. The Morgan fingerprint density at radius 1 is 1.55 bits per heavy atom. The standard InChI is InChI=1S/C13H21N3O4/c1-19-13(18)4-7-16(9-11-3-2-8-20-11)10-12(17)15-6-5-14/h11H,2-4,6-10H2,1H3,(H,15,17). The van der Waals surface area contributed by atoms with Gasteiger partial charge in [0, 0.05) is 19.7 Å². The van der Waals surface area contributed by atoms with Crippen LogP contribution in [-0.4, -0.2) is 62.8 Å². The van der Waals surface area contributed by atoms with Crippen LogP contribution in [0, 0.1) is 11.3 Å². The van der Waals surface area contributed by atoms with Crippen molar-refractivity contribution in [1.82, 2.24) is 10.2 Å². The molecule has 1 rings (SSSR count). The molecule has 1 fully saturated rings. The minimum Gasteiger partial charge on any atom is -0.469 e.